The first kappa shape index (κ1) is 20.8. The van der Waals surface area contributed by atoms with Gasteiger partial charge in [-0.1, -0.05) is 18.2 Å². The molecule has 3 amide bonds. The minimum Gasteiger partial charge on any atom is -0.376 e. The Kier molecular flexibility index (Phi) is 5.57. The third-order valence-electron chi connectivity index (χ3n) is 7.15. The summed E-state index contributed by atoms with van der Waals surface area (Å²) in [5, 5.41) is 3.20. The lowest BCUT2D eigenvalue weighted by molar-refractivity contribution is -0.149. The summed E-state index contributed by atoms with van der Waals surface area (Å²) in [6.07, 6.45) is 4.04. The van der Waals surface area contributed by atoms with Crippen molar-refractivity contribution in [3.63, 3.8) is 0 Å². The molecule has 1 saturated carbocycles. The number of hydrogen-bond donors (Lipinski definition) is 1. The number of rotatable bonds is 6. The number of ether oxygens (including phenoxy) is 1. The molecule has 3 fully saturated rings. The topological polar surface area (TPSA) is 79.0 Å². The number of nitrogens with one attached hydrogen (secondary N) is 1. The van der Waals surface area contributed by atoms with E-state index in [4.69, 9.17) is 4.74 Å². The average Bonchev–Trinajstić information content (AvgIpc) is 3.52. The third kappa shape index (κ3) is 3.83. The number of benzene rings is 1. The highest BCUT2D eigenvalue weighted by atomic mass is 16.5. The molecule has 7 nitrogen and oxygen atoms in total. The van der Waals surface area contributed by atoms with Crippen LogP contribution in [-0.4, -0.2) is 72.0 Å². The minimum atomic E-state index is -0.525. The maximum absolute atomic E-state index is 12.9. The molecule has 1 N–H and O–H groups in total. The van der Waals surface area contributed by atoms with E-state index in [0.717, 1.165) is 38.8 Å². The fourth-order valence-electron chi connectivity index (χ4n) is 4.96. The third-order valence-corrected chi connectivity index (χ3v) is 7.15. The first-order valence-electron chi connectivity index (χ1n) is 10.8. The van der Waals surface area contributed by atoms with Crippen LogP contribution < -0.4 is 5.32 Å². The SMILES string of the molecule is COC1(C2(NC(=O)c3ccccc3)CN(C(=O)CC3CCN(C(C)=O)CC3)C2)CC1. The predicted molar refractivity (Wildman–Crippen MR) is 112 cm³/mol. The molecule has 7 heteroatoms. The molecule has 3 aliphatic rings. The van der Waals surface area contributed by atoms with Crippen LogP contribution in [0.3, 0.4) is 0 Å². The summed E-state index contributed by atoms with van der Waals surface area (Å²) in [6.45, 7) is 4.04. The molecular formula is C23H31N3O4. The van der Waals surface area contributed by atoms with E-state index in [-0.39, 0.29) is 23.3 Å². The normalized spacial score (nSPS) is 22.2. The summed E-state index contributed by atoms with van der Waals surface area (Å²) >= 11 is 0. The number of nitrogens with zero attached hydrogens (tertiary/aromatic N) is 2. The molecular weight excluding hydrogens is 382 g/mol. The summed E-state index contributed by atoms with van der Waals surface area (Å²) < 4.78 is 5.81. The highest BCUT2D eigenvalue weighted by molar-refractivity contribution is 5.95. The van der Waals surface area contributed by atoms with Crippen molar-refractivity contribution in [3.8, 4) is 0 Å². The van der Waals surface area contributed by atoms with Crippen LogP contribution in [0, 0.1) is 5.92 Å². The molecule has 2 saturated heterocycles. The number of hydrogen-bond acceptors (Lipinski definition) is 4. The van der Waals surface area contributed by atoms with Crippen molar-refractivity contribution in [3.05, 3.63) is 35.9 Å². The van der Waals surface area contributed by atoms with Gasteiger partial charge in [0.1, 0.15) is 5.54 Å². The van der Waals surface area contributed by atoms with Crippen LogP contribution in [0.1, 0.15) is 49.4 Å². The second-order valence-electron chi connectivity index (χ2n) is 9.00. The van der Waals surface area contributed by atoms with Crippen molar-refractivity contribution in [2.24, 2.45) is 5.92 Å². The van der Waals surface area contributed by atoms with Gasteiger partial charge in [-0.05, 0) is 43.7 Å². The Morgan fingerprint density at radius 2 is 1.70 bits per heavy atom. The number of amides is 3. The molecule has 0 atom stereocenters. The van der Waals surface area contributed by atoms with E-state index < -0.39 is 5.54 Å². The highest BCUT2D eigenvalue weighted by Gasteiger charge is 2.66. The second-order valence-corrected chi connectivity index (χ2v) is 9.00. The molecule has 0 bridgehead atoms. The van der Waals surface area contributed by atoms with Gasteiger partial charge in [0.25, 0.3) is 5.91 Å². The van der Waals surface area contributed by atoms with Crippen LogP contribution in [0.15, 0.2) is 30.3 Å². The van der Waals surface area contributed by atoms with Crippen LogP contribution in [-0.2, 0) is 14.3 Å². The Labute approximate surface area is 177 Å². The van der Waals surface area contributed by atoms with Gasteiger partial charge in [-0.2, -0.15) is 0 Å². The van der Waals surface area contributed by atoms with Gasteiger partial charge in [-0.15, -0.1) is 0 Å². The summed E-state index contributed by atoms with van der Waals surface area (Å²) in [5.41, 5.74) is -0.283. The van der Waals surface area contributed by atoms with Gasteiger partial charge in [0.05, 0.1) is 5.60 Å². The average molecular weight is 414 g/mol. The molecule has 2 heterocycles. The van der Waals surface area contributed by atoms with Gasteiger partial charge in [0.2, 0.25) is 11.8 Å². The molecule has 0 aromatic heterocycles. The standard InChI is InChI=1S/C23H31N3O4/c1-17(27)25-12-8-18(9-13-25)14-20(28)26-15-22(16-26,23(30-2)10-11-23)24-21(29)19-6-4-3-5-7-19/h3-7,18H,8-16H2,1-2H3,(H,24,29). The van der Waals surface area contributed by atoms with E-state index in [9.17, 15) is 14.4 Å². The molecule has 162 valence electrons. The van der Waals surface area contributed by atoms with Crippen molar-refractivity contribution in [2.75, 3.05) is 33.3 Å². The zero-order valence-corrected chi connectivity index (χ0v) is 17.9. The van der Waals surface area contributed by atoms with E-state index in [1.807, 2.05) is 28.0 Å². The lowest BCUT2D eigenvalue weighted by atomic mass is 9.80. The van der Waals surface area contributed by atoms with E-state index in [0.29, 0.717) is 31.0 Å². The Hall–Kier alpha value is -2.41. The summed E-state index contributed by atoms with van der Waals surface area (Å²) in [5.74, 6) is 0.436. The van der Waals surface area contributed by atoms with Crippen molar-refractivity contribution in [1.82, 2.24) is 15.1 Å². The molecule has 1 aliphatic carbocycles. The molecule has 4 rings (SSSR count). The van der Waals surface area contributed by atoms with E-state index >= 15 is 0 Å². The van der Waals surface area contributed by atoms with Crippen LogP contribution in [0.25, 0.3) is 0 Å². The van der Waals surface area contributed by atoms with Gasteiger partial charge < -0.3 is 19.9 Å². The molecule has 0 radical (unpaired) electrons. The van der Waals surface area contributed by atoms with Crippen LogP contribution in [0.4, 0.5) is 0 Å². The van der Waals surface area contributed by atoms with Gasteiger partial charge in [0, 0.05) is 52.2 Å². The Morgan fingerprint density at radius 1 is 1.07 bits per heavy atom. The Bertz CT molecular complexity index is 807. The molecule has 2 aliphatic heterocycles. The zero-order valence-electron chi connectivity index (χ0n) is 17.9. The lowest BCUT2D eigenvalue weighted by Crippen LogP contribution is -2.77. The molecule has 1 aromatic carbocycles. The van der Waals surface area contributed by atoms with Gasteiger partial charge in [-0.3, -0.25) is 14.4 Å². The quantitative estimate of drug-likeness (QED) is 0.772. The van der Waals surface area contributed by atoms with Crippen molar-refractivity contribution >= 4 is 17.7 Å². The fourth-order valence-corrected chi connectivity index (χ4v) is 4.96. The van der Waals surface area contributed by atoms with Crippen molar-refractivity contribution < 1.29 is 19.1 Å². The van der Waals surface area contributed by atoms with Crippen LogP contribution in [0.5, 0.6) is 0 Å². The molecule has 0 spiro atoms. The fraction of sp³-hybridized carbons (Fsp3) is 0.609. The lowest BCUT2D eigenvalue weighted by Gasteiger charge is -2.54. The van der Waals surface area contributed by atoms with Crippen molar-refractivity contribution in [2.45, 2.75) is 50.2 Å². The number of methoxy groups -OCH3 is 1. The first-order chi connectivity index (χ1) is 14.4. The van der Waals surface area contributed by atoms with Crippen LogP contribution in [0.2, 0.25) is 0 Å². The summed E-state index contributed by atoms with van der Waals surface area (Å²) in [6, 6.07) is 9.17. The summed E-state index contributed by atoms with van der Waals surface area (Å²) in [7, 11) is 1.69. The van der Waals surface area contributed by atoms with Gasteiger partial charge >= 0.3 is 0 Å². The number of piperidine rings is 1. The summed E-state index contributed by atoms with van der Waals surface area (Å²) in [4.78, 5) is 40.9. The van der Waals surface area contributed by atoms with Gasteiger partial charge in [-0.25, -0.2) is 0 Å². The van der Waals surface area contributed by atoms with E-state index in [1.54, 1.807) is 26.2 Å². The van der Waals surface area contributed by atoms with E-state index in [2.05, 4.69) is 5.32 Å². The molecule has 1 aromatic rings. The number of carbonyl (C=O) groups excluding carboxylic acids is 3. The number of likely N-dealkylation sites (tertiary alicyclic amines) is 2. The van der Waals surface area contributed by atoms with Crippen LogP contribution >= 0.6 is 0 Å². The molecule has 0 unspecified atom stereocenters. The molecule has 30 heavy (non-hydrogen) atoms. The smallest absolute Gasteiger partial charge is 0.251 e. The number of carbonyl (C=O) groups is 3. The highest BCUT2D eigenvalue weighted by Crippen LogP contribution is 2.52. The first-order valence-corrected chi connectivity index (χ1v) is 10.8. The van der Waals surface area contributed by atoms with Crippen molar-refractivity contribution in [1.29, 1.82) is 0 Å². The monoisotopic (exact) mass is 413 g/mol. The minimum absolute atomic E-state index is 0.107. The second kappa shape index (κ2) is 8.02. The zero-order chi connectivity index (χ0) is 21.4. The largest absolute Gasteiger partial charge is 0.376 e. The predicted octanol–water partition coefficient (Wildman–Crippen LogP) is 1.82. The Morgan fingerprint density at radius 3 is 2.23 bits per heavy atom. The maximum atomic E-state index is 12.9. The van der Waals surface area contributed by atoms with Gasteiger partial charge in [0.15, 0.2) is 0 Å². The van der Waals surface area contributed by atoms with E-state index in [1.165, 1.54) is 0 Å². The maximum Gasteiger partial charge on any atom is 0.251 e. The Balaban J connectivity index is 1.36.